The minimum absolute atomic E-state index is 0.0548. The van der Waals surface area contributed by atoms with E-state index in [9.17, 15) is 4.79 Å². The van der Waals surface area contributed by atoms with E-state index in [4.69, 9.17) is 0 Å². The summed E-state index contributed by atoms with van der Waals surface area (Å²) in [5, 5.41) is 10.1. The predicted molar refractivity (Wildman–Crippen MR) is 106 cm³/mol. The SMILES string of the molecule is C=C(C)CSc1nnc2n(Cc3ccccc3)c(=O)c3ccccc3n12. The first-order valence-corrected chi connectivity index (χ1v) is 9.31. The fourth-order valence-corrected chi connectivity index (χ4v) is 3.71. The summed E-state index contributed by atoms with van der Waals surface area (Å²) in [5.41, 5.74) is 2.88. The minimum Gasteiger partial charge on any atom is -0.272 e. The number of hydrogen-bond acceptors (Lipinski definition) is 4. The molecule has 0 atom stereocenters. The summed E-state index contributed by atoms with van der Waals surface area (Å²) in [5.74, 6) is 1.31. The standard InChI is InChI=1S/C20H18N4OS/c1-14(2)13-26-20-22-21-19-23(12-15-8-4-3-5-9-15)18(25)16-10-6-7-11-17(16)24(19)20/h3-11H,1,12-13H2,2H3. The Morgan fingerprint density at radius 2 is 1.81 bits per heavy atom. The highest BCUT2D eigenvalue weighted by Gasteiger charge is 2.16. The van der Waals surface area contributed by atoms with Crippen LogP contribution in [0.4, 0.5) is 0 Å². The summed E-state index contributed by atoms with van der Waals surface area (Å²) in [4.78, 5) is 13.1. The van der Waals surface area contributed by atoms with Crippen LogP contribution in [0.25, 0.3) is 16.7 Å². The molecule has 5 nitrogen and oxygen atoms in total. The Morgan fingerprint density at radius 3 is 2.58 bits per heavy atom. The van der Waals surface area contributed by atoms with Crippen LogP contribution in [0.15, 0.2) is 76.7 Å². The van der Waals surface area contributed by atoms with Crippen molar-refractivity contribution in [1.29, 1.82) is 0 Å². The normalized spacial score (nSPS) is 11.3. The smallest absolute Gasteiger partial charge is 0.263 e. The van der Waals surface area contributed by atoms with Gasteiger partial charge in [0.15, 0.2) is 5.16 Å². The van der Waals surface area contributed by atoms with E-state index in [0.29, 0.717) is 17.7 Å². The first kappa shape index (κ1) is 16.6. The van der Waals surface area contributed by atoms with Gasteiger partial charge in [-0.15, -0.1) is 10.2 Å². The molecule has 4 rings (SSSR count). The largest absolute Gasteiger partial charge is 0.272 e. The fourth-order valence-electron chi connectivity index (χ4n) is 2.92. The van der Waals surface area contributed by atoms with E-state index < -0.39 is 0 Å². The summed E-state index contributed by atoms with van der Waals surface area (Å²) in [6.45, 7) is 6.39. The Bertz CT molecular complexity index is 1160. The van der Waals surface area contributed by atoms with Gasteiger partial charge in [-0.3, -0.25) is 13.8 Å². The maximum atomic E-state index is 13.1. The second-order valence-electron chi connectivity index (χ2n) is 6.26. The maximum Gasteiger partial charge on any atom is 0.263 e. The molecule has 4 aromatic rings. The molecule has 130 valence electrons. The molecule has 0 radical (unpaired) electrons. The highest BCUT2D eigenvalue weighted by molar-refractivity contribution is 7.99. The monoisotopic (exact) mass is 362 g/mol. The van der Waals surface area contributed by atoms with Crippen LogP contribution in [0.1, 0.15) is 12.5 Å². The third-order valence-corrected chi connectivity index (χ3v) is 5.27. The van der Waals surface area contributed by atoms with Crippen LogP contribution in [-0.4, -0.2) is 24.9 Å². The van der Waals surface area contributed by atoms with Crippen LogP contribution in [0.2, 0.25) is 0 Å². The van der Waals surface area contributed by atoms with Gasteiger partial charge in [0.1, 0.15) is 0 Å². The number of rotatable bonds is 5. The lowest BCUT2D eigenvalue weighted by Crippen LogP contribution is -2.24. The summed E-state index contributed by atoms with van der Waals surface area (Å²) in [7, 11) is 0. The lowest BCUT2D eigenvalue weighted by molar-refractivity contribution is 0.764. The van der Waals surface area contributed by atoms with Crippen molar-refractivity contribution < 1.29 is 0 Å². The molecule has 0 aliphatic heterocycles. The lowest BCUT2D eigenvalue weighted by atomic mass is 10.2. The average Bonchev–Trinajstić information content (AvgIpc) is 3.08. The Morgan fingerprint density at radius 1 is 1.08 bits per heavy atom. The van der Waals surface area contributed by atoms with E-state index in [2.05, 4.69) is 16.8 Å². The molecule has 0 spiro atoms. The van der Waals surface area contributed by atoms with Crippen molar-refractivity contribution in [2.45, 2.75) is 18.6 Å². The fraction of sp³-hybridized carbons (Fsp3) is 0.150. The summed E-state index contributed by atoms with van der Waals surface area (Å²) in [6.07, 6.45) is 0. The first-order valence-electron chi connectivity index (χ1n) is 8.33. The van der Waals surface area contributed by atoms with Crippen molar-refractivity contribution in [3.8, 4) is 0 Å². The van der Waals surface area contributed by atoms with Gasteiger partial charge >= 0.3 is 0 Å². The van der Waals surface area contributed by atoms with Crippen molar-refractivity contribution in [1.82, 2.24) is 19.2 Å². The van der Waals surface area contributed by atoms with Crippen molar-refractivity contribution in [3.05, 3.63) is 82.7 Å². The van der Waals surface area contributed by atoms with Crippen molar-refractivity contribution in [3.63, 3.8) is 0 Å². The number of para-hydroxylation sites is 1. The molecule has 0 fully saturated rings. The van der Waals surface area contributed by atoms with Crippen LogP contribution in [0, 0.1) is 0 Å². The van der Waals surface area contributed by atoms with Crippen LogP contribution in [0.5, 0.6) is 0 Å². The van der Waals surface area contributed by atoms with E-state index in [0.717, 1.165) is 27.6 Å². The zero-order chi connectivity index (χ0) is 18.1. The van der Waals surface area contributed by atoms with E-state index >= 15 is 0 Å². The molecule has 0 N–H and O–H groups in total. The van der Waals surface area contributed by atoms with Gasteiger partial charge in [0, 0.05) is 5.75 Å². The summed E-state index contributed by atoms with van der Waals surface area (Å²) in [6, 6.07) is 17.5. The van der Waals surface area contributed by atoms with Gasteiger partial charge in [0.2, 0.25) is 5.78 Å². The quantitative estimate of drug-likeness (QED) is 0.401. The molecular formula is C20H18N4OS. The van der Waals surface area contributed by atoms with Gasteiger partial charge in [0.25, 0.3) is 5.56 Å². The number of fused-ring (bicyclic) bond motifs is 3. The average molecular weight is 362 g/mol. The second kappa shape index (κ2) is 6.80. The van der Waals surface area contributed by atoms with Crippen LogP contribution >= 0.6 is 11.8 Å². The van der Waals surface area contributed by atoms with E-state index in [-0.39, 0.29) is 5.56 Å². The molecule has 0 unspecified atom stereocenters. The number of aromatic nitrogens is 4. The number of nitrogens with zero attached hydrogens (tertiary/aromatic N) is 4. The van der Waals surface area contributed by atoms with Gasteiger partial charge in [0.05, 0.1) is 17.4 Å². The third-order valence-electron chi connectivity index (χ3n) is 4.11. The van der Waals surface area contributed by atoms with Crippen molar-refractivity contribution in [2.75, 3.05) is 5.75 Å². The predicted octanol–water partition coefficient (Wildman–Crippen LogP) is 3.76. The minimum atomic E-state index is -0.0548. The van der Waals surface area contributed by atoms with Crippen molar-refractivity contribution >= 4 is 28.4 Å². The van der Waals surface area contributed by atoms with Crippen LogP contribution < -0.4 is 5.56 Å². The molecule has 2 aromatic heterocycles. The zero-order valence-corrected chi connectivity index (χ0v) is 15.2. The molecule has 2 aromatic carbocycles. The zero-order valence-electron chi connectivity index (χ0n) is 14.4. The van der Waals surface area contributed by atoms with Gasteiger partial charge < -0.3 is 0 Å². The number of thioether (sulfide) groups is 1. The summed E-state index contributed by atoms with van der Waals surface area (Å²) < 4.78 is 3.66. The second-order valence-corrected chi connectivity index (χ2v) is 7.20. The third kappa shape index (κ3) is 2.93. The van der Waals surface area contributed by atoms with Crippen molar-refractivity contribution in [2.24, 2.45) is 0 Å². The highest BCUT2D eigenvalue weighted by Crippen LogP contribution is 2.23. The summed E-state index contributed by atoms with van der Waals surface area (Å²) >= 11 is 1.57. The van der Waals surface area contributed by atoms with Gasteiger partial charge in [-0.1, -0.05) is 66.4 Å². The van der Waals surface area contributed by atoms with Gasteiger partial charge in [-0.25, -0.2) is 0 Å². The molecule has 0 saturated heterocycles. The molecular weight excluding hydrogens is 344 g/mol. The van der Waals surface area contributed by atoms with Gasteiger partial charge in [-0.2, -0.15) is 0 Å². The molecule has 0 amide bonds. The first-order chi connectivity index (χ1) is 12.6. The molecule has 0 aliphatic rings. The molecule has 0 aliphatic carbocycles. The number of hydrogen-bond donors (Lipinski definition) is 0. The van der Waals surface area contributed by atoms with E-state index in [1.54, 1.807) is 16.3 Å². The molecule has 26 heavy (non-hydrogen) atoms. The molecule has 6 heteroatoms. The molecule has 0 bridgehead atoms. The van der Waals surface area contributed by atoms with E-state index in [1.165, 1.54) is 0 Å². The maximum absolute atomic E-state index is 13.1. The van der Waals surface area contributed by atoms with E-state index in [1.807, 2.05) is 65.9 Å². The molecule has 0 saturated carbocycles. The Labute approximate surface area is 155 Å². The Hall–Kier alpha value is -2.86. The number of benzene rings is 2. The Kier molecular flexibility index (Phi) is 4.34. The topological polar surface area (TPSA) is 52.2 Å². The highest BCUT2D eigenvalue weighted by atomic mass is 32.2. The Balaban J connectivity index is 1.97. The van der Waals surface area contributed by atoms with Crippen LogP contribution in [-0.2, 0) is 6.54 Å². The van der Waals surface area contributed by atoms with Crippen LogP contribution in [0.3, 0.4) is 0 Å². The molecule has 2 heterocycles. The lowest BCUT2D eigenvalue weighted by Gasteiger charge is -2.11. The van der Waals surface area contributed by atoms with Gasteiger partial charge in [-0.05, 0) is 24.6 Å².